The van der Waals surface area contributed by atoms with Crippen LogP contribution in [0.25, 0.3) is 0 Å². The number of rotatable bonds is 2. The minimum Gasteiger partial charge on any atom is -0.397 e. The zero-order valence-corrected chi connectivity index (χ0v) is 6.59. The maximum absolute atomic E-state index is 5.48. The van der Waals surface area contributed by atoms with Gasteiger partial charge in [0.05, 0.1) is 11.4 Å². The Morgan fingerprint density at radius 2 is 1.91 bits per heavy atom. The average Bonchev–Trinajstić information content (AvgIpc) is 2.32. The SMILES string of the molecule is C=C(C)C1=NCN=C1C(=C)N. The molecule has 1 aliphatic heterocycles. The second kappa shape index (κ2) is 2.70. The van der Waals surface area contributed by atoms with Gasteiger partial charge in [-0.25, -0.2) is 0 Å². The molecule has 3 nitrogen and oxygen atoms in total. The molecule has 0 fully saturated rings. The van der Waals surface area contributed by atoms with Crippen LogP contribution in [0.1, 0.15) is 6.92 Å². The molecular weight excluding hydrogens is 138 g/mol. The molecule has 1 heterocycles. The molecule has 11 heavy (non-hydrogen) atoms. The van der Waals surface area contributed by atoms with Crippen LogP contribution in [0, 0.1) is 0 Å². The summed E-state index contributed by atoms with van der Waals surface area (Å²) in [4.78, 5) is 8.18. The first kappa shape index (κ1) is 7.72. The minimum atomic E-state index is 0.452. The lowest BCUT2D eigenvalue weighted by molar-refractivity contribution is 1.10. The highest BCUT2D eigenvalue weighted by molar-refractivity contribution is 6.53. The fourth-order valence-electron chi connectivity index (χ4n) is 0.917. The van der Waals surface area contributed by atoms with Crippen molar-refractivity contribution in [1.29, 1.82) is 0 Å². The van der Waals surface area contributed by atoms with Crippen molar-refractivity contribution < 1.29 is 0 Å². The smallest absolute Gasteiger partial charge is 0.131 e. The fraction of sp³-hybridized carbons (Fsp3) is 0.250. The van der Waals surface area contributed by atoms with Gasteiger partial charge < -0.3 is 5.73 Å². The van der Waals surface area contributed by atoms with E-state index >= 15 is 0 Å². The molecule has 0 spiro atoms. The number of nitrogens with two attached hydrogens (primary N) is 1. The molecule has 0 aromatic heterocycles. The summed E-state index contributed by atoms with van der Waals surface area (Å²) in [6.45, 7) is 9.69. The van der Waals surface area contributed by atoms with Crippen LogP contribution in [0.3, 0.4) is 0 Å². The van der Waals surface area contributed by atoms with Gasteiger partial charge in [-0.05, 0) is 12.5 Å². The zero-order chi connectivity index (χ0) is 8.43. The summed E-state index contributed by atoms with van der Waals surface area (Å²) in [5.74, 6) is 0. The Labute approximate surface area is 66.0 Å². The number of aliphatic imine (C=N–C) groups is 2. The molecule has 58 valence electrons. The van der Waals surface area contributed by atoms with Gasteiger partial charge in [-0.3, -0.25) is 9.98 Å². The predicted molar refractivity (Wildman–Crippen MR) is 47.9 cm³/mol. The molecule has 0 saturated heterocycles. The van der Waals surface area contributed by atoms with Crippen molar-refractivity contribution in [3.63, 3.8) is 0 Å². The van der Waals surface area contributed by atoms with Gasteiger partial charge in [0.25, 0.3) is 0 Å². The lowest BCUT2D eigenvalue weighted by atomic mass is 10.1. The van der Waals surface area contributed by atoms with Crippen molar-refractivity contribution in [1.82, 2.24) is 0 Å². The number of hydrogen-bond acceptors (Lipinski definition) is 3. The third-order valence-corrected chi connectivity index (χ3v) is 1.39. The van der Waals surface area contributed by atoms with Crippen LogP contribution in [0.2, 0.25) is 0 Å². The molecule has 0 aliphatic carbocycles. The van der Waals surface area contributed by atoms with Crippen molar-refractivity contribution in [3.8, 4) is 0 Å². The van der Waals surface area contributed by atoms with Crippen LogP contribution in [-0.2, 0) is 0 Å². The number of hydrogen-bond donors (Lipinski definition) is 1. The van der Waals surface area contributed by atoms with Crippen LogP contribution in [-0.4, -0.2) is 18.1 Å². The monoisotopic (exact) mass is 149 g/mol. The van der Waals surface area contributed by atoms with Gasteiger partial charge in [0, 0.05) is 0 Å². The Morgan fingerprint density at radius 1 is 1.36 bits per heavy atom. The summed E-state index contributed by atoms with van der Waals surface area (Å²) >= 11 is 0. The molecule has 3 heteroatoms. The van der Waals surface area contributed by atoms with Gasteiger partial charge in [0.2, 0.25) is 0 Å². The Kier molecular flexibility index (Phi) is 1.89. The Bertz CT molecular complexity index is 243. The summed E-state index contributed by atoms with van der Waals surface area (Å²) in [6.07, 6.45) is 0. The molecule has 0 aromatic carbocycles. The van der Waals surface area contributed by atoms with Crippen LogP contribution in [0.15, 0.2) is 34.4 Å². The molecule has 0 saturated carbocycles. The van der Waals surface area contributed by atoms with Gasteiger partial charge in [0.15, 0.2) is 0 Å². The zero-order valence-electron chi connectivity index (χ0n) is 6.59. The third-order valence-electron chi connectivity index (χ3n) is 1.39. The quantitative estimate of drug-likeness (QED) is 0.622. The first-order valence-corrected chi connectivity index (χ1v) is 3.33. The highest BCUT2D eigenvalue weighted by Crippen LogP contribution is 2.06. The summed E-state index contributed by atoms with van der Waals surface area (Å²) in [7, 11) is 0. The normalized spacial score (nSPS) is 15.7. The summed E-state index contributed by atoms with van der Waals surface area (Å²) in [5.41, 5.74) is 8.30. The maximum atomic E-state index is 5.48. The van der Waals surface area contributed by atoms with E-state index in [1.54, 1.807) is 0 Å². The fourth-order valence-corrected chi connectivity index (χ4v) is 0.917. The summed E-state index contributed by atoms with van der Waals surface area (Å²) in [5, 5.41) is 0. The van der Waals surface area contributed by atoms with Gasteiger partial charge >= 0.3 is 0 Å². The largest absolute Gasteiger partial charge is 0.397 e. The van der Waals surface area contributed by atoms with Crippen LogP contribution in [0.4, 0.5) is 0 Å². The van der Waals surface area contributed by atoms with Crippen molar-refractivity contribution >= 4 is 11.4 Å². The molecule has 1 aliphatic rings. The van der Waals surface area contributed by atoms with E-state index < -0.39 is 0 Å². The molecule has 0 bridgehead atoms. The van der Waals surface area contributed by atoms with Gasteiger partial charge in [0.1, 0.15) is 12.4 Å². The van der Waals surface area contributed by atoms with Crippen LogP contribution >= 0.6 is 0 Å². The Hall–Kier alpha value is -1.38. The Morgan fingerprint density at radius 3 is 2.27 bits per heavy atom. The van der Waals surface area contributed by atoms with E-state index in [0.717, 1.165) is 11.3 Å². The van der Waals surface area contributed by atoms with Gasteiger partial charge in [-0.2, -0.15) is 0 Å². The third kappa shape index (κ3) is 1.37. The van der Waals surface area contributed by atoms with E-state index in [4.69, 9.17) is 5.73 Å². The Balaban J connectivity index is 2.93. The predicted octanol–water partition coefficient (Wildman–Crippen LogP) is 0.888. The van der Waals surface area contributed by atoms with Crippen LogP contribution < -0.4 is 5.73 Å². The highest BCUT2D eigenvalue weighted by atomic mass is 15.0. The van der Waals surface area contributed by atoms with Crippen molar-refractivity contribution in [2.45, 2.75) is 6.92 Å². The second-order valence-electron chi connectivity index (χ2n) is 2.46. The molecule has 0 atom stereocenters. The van der Waals surface area contributed by atoms with E-state index in [1.807, 2.05) is 6.92 Å². The topological polar surface area (TPSA) is 50.7 Å². The second-order valence-corrected chi connectivity index (χ2v) is 2.46. The molecule has 1 rings (SSSR count). The van der Waals surface area contributed by atoms with E-state index in [2.05, 4.69) is 23.1 Å². The molecular formula is C8H11N3. The molecule has 0 aromatic rings. The van der Waals surface area contributed by atoms with E-state index in [-0.39, 0.29) is 0 Å². The minimum absolute atomic E-state index is 0.452. The average molecular weight is 149 g/mol. The molecule has 0 amide bonds. The van der Waals surface area contributed by atoms with Crippen molar-refractivity contribution in [3.05, 3.63) is 24.4 Å². The van der Waals surface area contributed by atoms with E-state index in [0.29, 0.717) is 18.1 Å². The molecule has 0 unspecified atom stereocenters. The first-order chi connectivity index (χ1) is 5.13. The van der Waals surface area contributed by atoms with Crippen molar-refractivity contribution in [2.75, 3.05) is 6.67 Å². The van der Waals surface area contributed by atoms with E-state index in [1.165, 1.54) is 0 Å². The maximum Gasteiger partial charge on any atom is 0.131 e. The van der Waals surface area contributed by atoms with Crippen molar-refractivity contribution in [2.24, 2.45) is 15.7 Å². The summed E-state index contributed by atoms with van der Waals surface area (Å²) in [6, 6.07) is 0. The number of allylic oxidation sites excluding steroid dienone is 2. The number of nitrogens with zero attached hydrogens (tertiary/aromatic N) is 2. The van der Waals surface area contributed by atoms with Crippen LogP contribution in [0.5, 0.6) is 0 Å². The molecule has 0 radical (unpaired) electrons. The standard InChI is InChI=1S/C8H11N3/c1-5(2)7-8(6(3)9)11-4-10-7/h1,3-4,9H2,2H3. The molecule has 2 N–H and O–H groups in total. The lowest BCUT2D eigenvalue weighted by Crippen LogP contribution is -2.18. The lowest BCUT2D eigenvalue weighted by Gasteiger charge is -2.01. The first-order valence-electron chi connectivity index (χ1n) is 3.33. The van der Waals surface area contributed by atoms with E-state index in [9.17, 15) is 0 Å². The van der Waals surface area contributed by atoms with Gasteiger partial charge in [-0.15, -0.1) is 0 Å². The highest BCUT2D eigenvalue weighted by Gasteiger charge is 2.14. The summed E-state index contributed by atoms with van der Waals surface area (Å²) < 4.78 is 0. The van der Waals surface area contributed by atoms with Gasteiger partial charge in [-0.1, -0.05) is 13.2 Å².